The average Bonchev–Trinajstić information content (AvgIpc) is 2.97. The highest BCUT2D eigenvalue weighted by Crippen LogP contribution is 2.51. The Balaban J connectivity index is 2.22. The van der Waals surface area contributed by atoms with Crippen LogP contribution in [0.1, 0.15) is 31.7 Å². The van der Waals surface area contributed by atoms with Gasteiger partial charge < -0.3 is 5.11 Å². The van der Waals surface area contributed by atoms with Gasteiger partial charge in [-0.15, -0.1) is 0 Å². The van der Waals surface area contributed by atoms with Crippen molar-refractivity contribution in [1.82, 2.24) is 0 Å². The zero-order chi connectivity index (χ0) is 15.3. The molecular formula is C17H16F2O2. The molecule has 1 fully saturated rings. The number of carbonyl (C=O) groups is 1. The number of benzene rings is 1. The fourth-order valence-electron chi connectivity index (χ4n) is 3.64. The number of hydrogen-bond acceptors (Lipinski definition) is 2. The van der Waals surface area contributed by atoms with Crippen molar-refractivity contribution in [2.45, 2.75) is 26.2 Å². The molecule has 0 heterocycles. The van der Waals surface area contributed by atoms with Crippen molar-refractivity contribution in [3.63, 3.8) is 0 Å². The first kappa shape index (κ1) is 14.0. The average molecular weight is 290 g/mol. The first-order chi connectivity index (χ1) is 9.91. The molecule has 2 atom stereocenters. The van der Waals surface area contributed by atoms with Crippen LogP contribution >= 0.6 is 0 Å². The third-order valence-corrected chi connectivity index (χ3v) is 4.49. The maximum Gasteiger partial charge on any atom is 0.187 e. The number of allylic oxidation sites excluding steroid dienone is 3. The Morgan fingerprint density at radius 2 is 1.81 bits per heavy atom. The van der Waals surface area contributed by atoms with Crippen molar-refractivity contribution in [2.75, 3.05) is 0 Å². The lowest BCUT2D eigenvalue weighted by molar-refractivity contribution is -0.118. The minimum atomic E-state index is -1.01. The highest BCUT2D eigenvalue weighted by atomic mass is 19.1. The topological polar surface area (TPSA) is 37.3 Å². The number of phenolic OH excluding ortho intramolecular Hbond substituents is 1. The van der Waals surface area contributed by atoms with Crippen molar-refractivity contribution in [3.8, 4) is 5.75 Å². The third kappa shape index (κ3) is 2.01. The Hall–Kier alpha value is -1.97. The predicted molar refractivity (Wildman–Crippen MR) is 75.6 cm³/mol. The van der Waals surface area contributed by atoms with Gasteiger partial charge in [0.15, 0.2) is 23.2 Å². The molecule has 0 saturated heterocycles. The normalized spacial score (nSPS) is 24.6. The summed E-state index contributed by atoms with van der Waals surface area (Å²) in [7, 11) is 0. The highest BCUT2D eigenvalue weighted by Gasteiger charge is 2.44. The Morgan fingerprint density at radius 1 is 1.24 bits per heavy atom. The summed E-state index contributed by atoms with van der Waals surface area (Å²) < 4.78 is 27.3. The molecule has 1 saturated carbocycles. The molecule has 0 radical (unpaired) electrons. The van der Waals surface area contributed by atoms with Crippen molar-refractivity contribution in [3.05, 3.63) is 47.1 Å². The summed E-state index contributed by atoms with van der Waals surface area (Å²) in [5.74, 6) is -3.04. The van der Waals surface area contributed by atoms with Crippen molar-refractivity contribution in [2.24, 2.45) is 11.8 Å². The second kappa shape index (κ2) is 4.79. The van der Waals surface area contributed by atoms with E-state index in [-0.39, 0.29) is 17.6 Å². The fraction of sp³-hybridized carbons (Fsp3) is 0.353. The molecule has 0 amide bonds. The molecule has 2 aliphatic carbocycles. The summed E-state index contributed by atoms with van der Waals surface area (Å²) in [6.45, 7) is 5.57. The van der Waals surface area contributed by atoms with Crippen LogP contribution in [0, 0.1) is 23.5 Å². The van der Waals surface area contributed by atoms with Gasteiger partial charge in [-0.05, 0) is 54.5 Å². The van der Waals surface area contributed by atoms with Crippen LogP contribution in [0.15, 0.2) is 29.9 Å². The summed E-state index contributed by atoms with van der Waals surface area (Å²) in [6.07, 6.45) is 2.59. The molecule has 0 spiro atoms. The van der Waals surface area contributed by atoms with E-state index in [1.165, 1.54) is 0 Å². The molecule has 2 nitrogen and oxygen atoms in total. The summed E-state index contributed by atoms with van der Waals surface area (Å²) in [5, 5.41) is 9.24. The molecule has 0 bridgehead atoms. The molecule has 1 aromatic rings. The monoisotopic (exact) mass is 290 g/mol. The van der Waals surface area contributed by atoms with Crippen LogP contribution in [-0.2, 0) is 4.79 Å². The molecule has 4 heteroatoms. The second-order valence-corrected chi connectivity index (χ2v) is 5.87. The van der Waals surface area contributed by atoms with Crippen LogP contribution in [0.5, 0.6) is 5.75 Å². The molecule has 110 valence electrons. The molecule has 1 N–H and O–H groups in total. The van der Waals surface area contributed by atoms with Crippen molar-refractivity contribution >= 4 is 11.4 Å². The summed E-state index contributed by atoms with van der Waals surface area (Å²) in [5.41, 5.74) is 2.16. The molecule has 21 heavy (non-hydrogen) atoms. The third-order valence-electron chi connectivity index (χ3n) is 4.49. The molecule has 0 aromatic heterocycles. The van der Waals surface area contributed by atoms with Gasteiger partial charge >= 0.3 is 0 Å². The van der Waals surface area contributed by atoms with Crippen molar-refractivity contribution in [1.29, 1.82) is 0 Å². The standard InChI is InChI=1S/C17H16F2O2/c1-8(2)14-15(10-4-3-5-11(10)16(14)20)9-6-12(18)17(21)13(19)7-9/h6-7,10-11,21H,1,3-5H2,2H3. The summed E-state index contributed by atoms with van der Waals surface area (Å²) in [4.78, 5) is 12.5. The van der Waals surface area contributed by atoms with Gasteiger partial charge in [0, 0.05) is 11.5 Å². The van der Waals surface area contributed by atoms with Gasteiger partial charge in [-0.1, -0.05) is 13.0 Å². The lowest BCUT2D eigenvalue weighted by atomic mass is 9.89. The van der Waals surface area contributed by atoms with Gasteiger partial charge in [0.1, 0.15) is 0 Å². The summed E-state index contributed by atoms with van der Waals surface area (Å²) in [6, 6.07) is 2.20. The quantitative estimate of drug-likeness (QED) is 0.894. The zero-order valence-electron chi connectivity index (χ0n) is 11.7. The molecule has 1 aromatic carbocycles. The lowest BCUT2D eigenvalue weighted by Gasteiger charge is -2.15. The number of fused-ring (bicyclic) bond motifs is 1. The molecule has 0 aliphatic heterocycles. The number of halogens is 2. The van der Waals surface area contributed by atoms with Crippen LogP contribution in [0.3, 0.4) is 0 Å². The van der Waals surface area contributed by atoms with Crippen LogP contribution in [-0.4, -0.2) is 10.9 Å². The SMILES string of the molecule is C=C(C)C1=C(c2cc(F)c(O)c(F)c2)C2CCCC2C1=O. The number of carbonyl (C=O) groups excluding carboxylic acids is 1. The van der Waals surface area contributed by atoms with Gasteiger partial charge in [0.25, 0.3) is 0 Å². The Kier molecular flexibility index (Phi) is 3.19. The van der Waals surface area contributed by atoms with Gasteiger partial charge in [-0.3, -0.25) is 4.79 Å². The Morgan fingerprint density at radius 3 is 2.38 bits per heavy atom. The van der Waals surface area contributed by atoms with E-state index in [9.17, 15) is 18.7 Å². The number of rotatable bonds is 2. The smallest absolute Gasteiger partial charge is 0.187 e. The number of hydrogen-bond donors (Lipinski definition) is 1. The second-order valence-electron chi connectivity index (χ2n) is 5.87. The lowest BCUT2D eigenvalue weighted by Crippen LogP contribution is -2.11. The van der Waals surface area contributed by atoms with Crippen LogP contribution < -0.4 is 0 Å². The van der Waals surface area contributed by atoms with E-state index in [1.807, 2.05) is 0 Å². The first-order valence-electron chi connectivity index (χ1n) is 7.04. The largest absolute Gasteiger partial charge is 0.503 e. The maximum atomic E-state index is 13.6. The van der Waals surface area contributed by atoms with E-state index in [2.05, 4.69) is 6.58 Å². The van der Waals surface area contributed by atoms with Gasteiger partial charge in [-0.25, -0.2) is 8.78 Å². The van der Waals surface area contributed by atoms with Crippen LogP contribution in [0.25, 0.3) is 5.57 Å². The number of aromatic hydroxyl groups is 1. The maximum absolute atomic E-state index is 13.6. The summed E-state index contributed by atoms with van der Waals surface area (Å²) >= 11 is 0. The molecule has 3 rings (SSSR count). The minimum Gasteiger partial charge on any atom is -0.503 e. The number of ketones is 1. The zero-order valence-corrected chi connectivity index (χ0v) is 11.7. The minimum absolute atomic E-state index is 0.00698. The number of phenols is 1. The van der Waals surface area contributed by atoms with E-state index < -0.39 is 17.4 Å². The highest BCUT2D eigenvalue weighted by molar-refractivity contribution is 6.13. The first-order valence-corrected chi connectivity index (χ1v) is 7.04. The fourth-order valence-corrected chi connectivity index (χ4v) is 3.64. The van der Waals surface area contributed by atoms with E-state index in [0.717, 1.165) is 31.4 Å². The van der Waals surface area contributed by atoms with Crippen LogP contribution in [0.2, 0.25) is 0 Å². The predicted octanol–water partition coefficient (Wildman–Crippen LogP) is 4.00. The number of Topliss-reactive ketones (excluding diaryl/α,β-unsaturated/α-hetero) is 1. The van der Waals surface area contributed by atoms with E-state index in [1.54, 1.807) is 6.92 Å². The van der Waals surface area contributed by atoms with Gasteiger partial charge in [-0.2, -0.15) is 0 Å². The van der Waals surface area contributed by atoms with Crippen molar-refractivity contribution < 1.29 is 18.7 Å². The van der Waals surface area contributed by atoms with E-state index >= 15 is 0 Å². The van der Waals surface area contributed by atoms with E-state index in [0.29, 0.717) is 22.3 Å². The molecule has 2 aliphatic rings. The molecule has 2 unspecified atom stereocenters. The Bertz CT molecular complexity index is 665. The molecular weight excluding hydrogens is 274 g/mol. The van der Waals surface area contributed by atoms with Crippen LogP contribution in [0.4, 0.5) is 8.78 Å². The Labute approximate surface area is 121 Å². The van der Waals surface area contributed by atoms with Gasteiger partial charge in [0.05, 0.1) is 0 Å². The van der Waals surface area contributed by atoms with E-state index in [4.69, 9.17) is 0 Å². The van der Waals surface area contributed by atoms with Gasteiger partial charge in [0.2, 0.25) is 0 Å².